The van der Waals surface area contributed by atoms with Crippen molar-refractivity contribution < 1.29 is 23.2 Å². The van der Waals surface area contributed by atoms with Crippen molar-refractivity contribution in [3.05, 3.63) is 0 Å². The minimum Gasteiger partial charge on any atom is -0.461 e. The molecule has 1 aliphatic heterocycles. The van der Waals surface area contributed by atoms with Crippen LogP contribution >= 0.6 is 0 Å². The summed E-state index contributed by atoms with van der Waals surface area (Å²) in [6, 6.07) is 0. The van der Waals surface area contributed by atoms with Crippen molar-refractivity contribution in [2.24, 2.45) is 5.16 Å². The van der Waals surface area contributed by atoms with Crippen LogP contribution in [0.5, 0.6) is 0 Å². The predicted molar refractivity (Wildman–Crippen MR) is 86.2 cm³/mol. The van der Waals surface area contributed by atoms with Gasteiger partial charge < -0.3 is 18.4 Å². The van der Waals surface area contributed by atoms with Crippen LogP contribution in [0.4, 0.5) is 0 Å². The Labute approximate surface area is 129 Å². The number of carbonyl (C=O) groups is 1. The Hall–Kier alpha value is -0.706. The summed E-state index contributed by atoms with van der Waals surface area (Å²) in [5.74, 6) is -0.451. The van der Waals surface area contributed by atoms with Gasteiger partial charge in [0.15, 0.2) is 22.3 Å². The second-order valence-corrected chi connectivity index (χ2v) is 15.9. The normalized spacial score (nSPS) is 23.3. The zero-order chi connectivity index (χ0) is 16.3. The number of rotatable bonds is 6. The van der Waals surface area contributed by atoms with Crippen LogP contribution < -0.4 is 0 Å². The molecule has 1 aliphatic rings. The lowest BCUT2D eigenvalue weighted by molar-refractivity contribution is -0.155. The summed E-state index contributed by atoms with van der Waals surface area (Å²) in [5.41, 5.74) is 0.260. The maximum Gasteiger partial charge on any atom is 0.356 e. The third-order valence-corrected chi connectivity index (χ3v) is 4.40. The standard InChI is InChI=1S/C13H27NO5Si2/c1-8-16-12(15)10-9-11(18-20(2,3)4)13(17-14-10)19-21(5,6)7/h11,13H,8-9H2,1-7H3/t11-,13+/m1/s1. The maximum absolute atomic E-state index is 11.8. The van der Waals surface area contributed by atoms with Crippen molar-refractivity contribution in [1.29, 1.82) is 0 Å². The molecule has 0 amide bonds. The number of oxime groups is 1. The van der Waals surface area contributed by atoms with E-state index in [1.54, 1.807) is 6.92 Å². The van der Waals surface area contributed by atoms with E-state index < -0.39 is 28.9 Å². The van der Waals surface area contributed by atoms with Crippen molar-refractivity contribution in [2.45, 2.75) is 65.0 Å². The topological polar surface area (TPSA) is 66.4 Å². The van der Waals surface area contributed by atoms with Gasteiger partial charge in [-0.1, -0.05) is 5.16 Å². The van der Waals surface area contributed by atoms with Gasteiger partial charge in [-0.25, -0.2) is 4.79 Å². The molecule has 0 saturated carbocycles. The van der Waals surface area contributed by atoms with Crippen LogP contribution in [0, 0.1) is 0 Å². The minimum absolute atomic E-state index is 0.260. The molecule has 21 heavy (non-hydrogen) atoms. The van der Waals surface area contributed by atoms with Crippen molar-refractivity contribution in [2.75, 3.05) is 6.61 Å². The number of hydrogen-bond donors (Lipinski definition) is 0. The van der Waals surface area contributed by atoms with Gasteiger partial charge in [0.1, 0.15) is 6.10 Å². The van der Waals surface area contributed by atoms with Gasteiger partial charge in [-0.2, -0.15) is 0 Å². The van der Waals surface area contributed by atoms with Crippen LogP contribution in [0.2, 0.25) is 39.3 Å². The van der Waals surface area contributed by atoms with Gasteiger partial charge in [0.25, 0.3) is 0 Å². The fraction of sp³-hybridized carbons (Fsp3) is 0.846. The fourth-order valence-corrected chi connectivity index (χ4v) is 3.83. The van der Waals surface area contributed by atoms with Gasteiger partial charge in [0.05, 0.1) is 6.61 Å². The van der Waals surface area contributed by atoms with E-state index >= 15 is 0 Å². The monoisotopic (exact) mass is 333 g/mol. The first kappa shape index (κ1) is 18.3. The largest absolute Gasteiger partial charge is 0.461 e. The van der Waals surface area contributed by atoms with Crippen LogP contribution in [0.15, 0.2) is 5.16 Å². The lowest BCUT2D eigenvalue weighted by Crippen LogP contribution is -2.49. The molecule has 122 valence electrons. The van der Waals surface area contributed by atoms with Crippen molar-refractivity contribution in [1.82, 2.24) is 0 Å². The van der Waals surface area contributed by atoms with Gasteiger partial charge in [-0.3, -0.25) is 0 Å². The molecular formula is C13H27NO5Si2. The molecule has 2 atom stereocenters. The second kappa shape index (κ2) is 7.04. The molecule has 0 fully saturated rings. The van der Waals surface area contributed by atoms with E-state index in [0.29, 0.717) is 13.0 Å². The highest BCUT2D eigenvalue weighted by molar-refractivity contribution is 6.70. The van der Waals surface area contributed by atoms with E-state index in [0.717, 1.165) is 0 Å². The first-order valence-electron chi connectivity index (χ1n) is 7.27. The van der Waals surface area contributed by atoms with E-state index in [4.69, 9.17) is 18.4 Å². The highest BCUT2D eigenvalue weighted by atomic mass is 28.4. The molecule has 0 saturated heterocycles. The Bertz CT molecular complexity index is 400. The lowest BCUT2D eigenvalue weighted by Gasteiger charge is -2.36. The smallest absolute Gasteiger partial charge is 0.356 e. The molecule has 0 aromatic heterocycles. The van der Waals surface area contributed by atoms with Crippen molar-refractivity contribution in [3.63, 3.8) is 0 Å². The van der Waals surface area contributed by atoms with Gasteiger partial charge in [0.2, 0.25) is 6.29 Å². The Morgan fingerprint density at radius 1 is 1.19 bits per heavy atom. The summed E-state index contributed by atoms with van der Waals surface area (Å²) in [6.07, 6.45) is -0.514. The van der Waals surface area contributed by atoms with Crippen LogP contribution in [0.25, 0.3) is 0 Å². The van der Waals surface area contributed by atoms with E-state index in [-0.39, 0.29) is 11.8 Å². The highest BCUT2D eigenvalue weighted by Crippen LogP contribution is 2.24. The SMILES string of the molecule is CCOC(=O)C1=NO[C@@H](O[Si](C)(C)C)[C@H](O[Si](C)(C)C)C1. The zero-order valence-corrected chi connectivity index (χ0v) is 16.1. The Morgan fingerprint density at radius 3 is 2.24 bits per heavy atom. The molecule has 0 bridgehead atoms. The highest BCUT2D eigenvalue weighted by Gasteiger charge is 2.39. The summed E-state index contributed by atoms with van der Waals surface area (Å²) in [6.45, 7) is 14.6. The summed E-state index contributed by atoms with van der Waals surface area (Å²) in [4.78, 5) is 17.2. The molecule has 0 radical (unpaired) electrons. The fourth-order valence-electron chi connectivity index (χ4n) is 1.84. The van der Waals surface area contributed by atoms with E-state index in [1.165, 1.54) is 0 Å². The molecule has 6 nitrogen and oxygen atoms in total. The summed E-state index contributed by atoms with van der Waals surface area (Å²) >= 11 is 0. The molecule has 1 heterocycles. The third-order valence-electron chi connectivity index (χ3n) is 2.45. The Balaban J connectivity index is 2.85. The number of carbonyl (C=O) groups excluding carboxylic acids is 1. The number of hydrogen-bond acceptors (Lipinski definition) is 6. The Morgan fingerprint density at radius 2 is 1.76 bits per heavy atom. The number of nitrogens with zero attached hydrogens (tertiary/aromatic N) is 1. The quantitative estimate of drug-likeness (QED) is 0.552. The van der Waals surface area contributed by atoms with Crippen LogP contribution in [0.1, 0.15) is 13.3 Å². The van der Waals surface area contributed by atoms with E-state index in [2.05, 4.69) is 44.4 Å². The second-order valence-electron chi connectivity index (χ2n) is 6.94. The third kappa shape index (κ3) is 6.72. The molecule has 8 heteroatoms. The zero-order valence-electron chi connectivity index (χ0n) is 14.1. The molecule has 0 unspecified atom stereocenters. The lowest BCUT2D eigenvalue weighted by atomic mass is 10.1. The molecular weight excluding hydrogens is 306 g/mol. The van der Waals surface area contributed by atoms with Gasteiger partial charge in [-0.15, -0.1) is 0 Å². The Kier molecular flexibility index (Phi) is 6.15. The molecule has 0 N–H and O–H groups in total. The molecule has 0 aliphatic carbocycles. The van der Waals surface area contributed by atoms with Crippen molar-refractivity contribution in [3.8, 4) is 0 Å². The van der Waals surface area contributed by atoms with Crippen LogP contribution in [-0.2, 0) is 23.2 Å². The van der Waals surface area contributed by atoms with Crippen molar-refractivity contribution >= 4 is 28.3 Å². The van der Waals surface area contributed by atoms with Gasteiger partial charge in [0, 0.05) is 6.42 Å². The molecule has 0 spiro atoms. The average Bonchev–Trinajstić information content (AvgIpc) is 2.28. The summed E-state index contributed by atoms with van der Waals surface area (Å²) in [5, 5.41) is 3.87. The number of ether oxygens (including phenoxy) is 1. The average molecular weight is 334 g/mol. The maximum atomic E-state index is 11.8. The minimum atomic E-state index is -1.80. The molecule has 0 aromatic rings. The molecule has 0 aromatic carbocycles. The van der Waals surface area contributed by atoms with Crippen LogP contribution in [0.3, 0.4) is 0 Å². The summed E-state index contributed by atoms with van der Waals surface area (Å²) < 4.78 is 17.1. The molecule has 1 rings (SSSR count). The summed E-state index contributed by atoms with van der Waals surface area (Å²) in [7, 11) is -3.60. The van der Waals surface area contributed by atoms with Gasteiger partial charge in [-0.05, 0) is 46.2 Å². The van der Waals surface area contributed by atoms with Gasteiger partial charge >= 0.3 is 5.97 Å². The van der Waals surface area contributed by atoms with E-state index in [9.17, 15) is 4.79 Å². The predicted octanol–water partition coefficient (Wildman–Crippen LogP) is 2.72. The first-order valence-corrected chi connectivity index (χ1v) is 14.1. The number of esters is 1. The first-order chi connectivity index (χ1) is 9.52. The van der Waals surface area contributed by atoms with Crippen LogP contribution in [-0.4, -0.2) is 47.3 Å². The van der Waals surface area contributed by atoms with E-state index in [1.807, 2.05) is 0 Å².